The predicted molar refractivity (Wildman–Crippen MR) is 95.4 cm³/mol. The number of aliphatic hydroxyl groups excluding tert-OH is 1. The molecule has 2 atom stereocenters. The molecule has 0 saturated carbocycles. The number of carbonyl (C=O) groups is 1. The Morgan fingerprint density at radius 1 is 1.12 bits per heavy atom. The summed E-state index contributed by atoms with van der Waals surface area (Å²) in [6.45, 7) is 0.218. The number of nitrogens with two attached hydrogens (primary N) is 1. The van der Waals surface area contributed by atoms with Crippen molar-refractivity contribution in [3.8, 4) is 0 Å². The second-order valence-electron chi connectivity index (χ2n) is 5.78. The summed E-state index contributed by atoms with van der Waals surface area (Å²) in [6, 6.07) is 19.1. The molecule has 0 radical (unpaired) electrons. The number of carbonyl (C=O) groups excluding carboxylic acids is 1. The maximum absolute atomic E-state index is 12.2. The molecule has 2 unspecified atom stereocenters. The zero-order valence-corrected chi connectivity index (χ0v) is 13.9. The molecule has 25 heavy (non-hydrogen) atoms. The molecule has 0 aliphatic rings. The second-order valence-corrected chi connectivity index (χ2v) is 5.78. The molecule has 2 aromatic carbocycles. The van der Waals surface area contributed by atoms with Gasteiger partial charge in [0.15, 0.2) is 0 Å². The van der Waals surface area contributed by atoms with Crippen LogP contribution in [0.25, 0.3) is 5.53 Å². The van der Waals surface area contributed by atoms with E-state index in [9.17, 15) is 9.90 Å². The molecule has 0 heterocycles. The van der Waals surface area contributed by atoms with Gasteiger partial charge in [0.1, 0.15) is 6.17 Å². The van der Waals surface area contributed by atoms with Gasteiger partial charge in [0.25, 0.3) is 0 Å². The number of hydrogen-bond donors (Lipinski definition) is 2. The summed E-state index contributed by atoms with van der Waals surface area (Å²) in [4.78, 5) is 16.3. The van der Waals surface area contributed by atoms with Gasteiger partial charge < -0.3 is 21.3 Å². The van der Waals surface area contributed by atoms with E-state index >= 15 is 0 Å². The van der Waals surface area contributed by atoms with Crippen molar-refractivity contribution in [1.82, 2.24) is 4.90 Å². The maximum Gasteiger partial charge on any atom is 0.344 e. The van der Waals surface area contributed by atoms with Gasteiger partial charge in [-0.15, -0.1) is 0 Å². The van der Waals surface area contributed by atoms with Crippen LogP contribution in [0.5, 0.6) is 0 Å². The van der Waals surface area contributed by atoms with Crippen molar-refractivity contribution in [2.45, 2.75) is 31.7 Å². The summed E-state index contributed by atoms with van der Waals surface area (Å²) < 4.78 is 0. The summed E-state index contributed by atoms with van der Waals surface area (Å²) in [5.74, 6) is -0.558. The molecule has 6 nitrogen and oxygen atoms in total. The average molecular weight is 338 g/mol. The fourth-order valence-corrected chi connectivity index (χ4v) is 2.57. The number of rotatable bonds is 8. The van der Waals surface area contributed by atoms with Crippen molar-refractivity contribution in [2.24, 2.45) is 5.73 Å². The fourth-order valence-electron chi connectivity index (χ4n) is 2.57. The highest BCUT2D eigenvalue weighted by Crippen LogP contribution is 2.12. The standard InChI is InChI=1S/C19H22N4O2/c20-19(17(24)12-11-15-7-3-1-4-8-15)23(18(25)13-22-21)14-16-9-5-2-6-10-16/h1-10,13,17,19,24H,11-12,14,20H2. The molecule has 0 saturated heterocycles. The fraction of sp³-hybridized carbons (Fsp3) is 0.263. The van der Waals surface area contributed by atoms with E-state index in [2.05, 4.69) is 4.79 Å². The molecule has 3 N–H and O–H groups in total. The lowest BCUT2D eigenvalue weighted by Crippen LogP contribution is -2.52. The minimum absolute atomic E-state index is 0.218. The molecule has 6 heteroatoms. The SMILES string of the molecule is [N-]=[N+]=CC(=O)N(Cc1ccccc1)C(N)C(O)CCc1ccccc1. The summed E-state index contributed by atoms with van der Waals surface area (Å²) in [7, 11) is 0. The van der Waals surface area contributed by atoms with Gasteiger partial charge in [-0.25, -0.2) is 0 Å². The molecular formula is C19H22N4O2. The lowest BCUT2D eigenvalue weighted by Gasteiger charge is -2.30. The predicted octanol–water partition coefficient (Wildman–Crippen LogP) is 1.59. The van der Waals surface area contributed by atoms with Gasteiger partial charge in [-0.3, -0.25) is 4.79 Å². The third-order valence-corrected chi connectivity index (χ3v) is 3.97. The lowest BCUT2D eigenvalue weighted by molar-refractivity contribution is -0.132. The van der Waals surface area contributed by atoms with E-state index in [0.29, 0.717) is 12.8 Å². The Labute approximate surface area is 147 Å². The third kappa shape index (κ3) is 5.65. The first-order chi connectivity index (χ1) is 12.1. The zero-order valence-electron chi connectivity index (χ0n) is 13.9. The molecule has 0 aromatic heterocycles. The molecule has 130 valence electrons. The highest BCUT2D eigenvalue weighted by molar-refractivity contribution is 6.23. The first-order valence-corrected chi connectivity index (χ1v) is 8.11. The van der Waals surface area contributed by atoms with Crippen LogP contribution in [0.15, 0.2) is 60.7 Å². The Morgan fingerprint density at radius 3 is 2.24 bits per heavy atom. The molecule has 2 rings (SSSR count). The number of aliphatic hydroxyl groups is 1. The van der Waals surface area contributed by atoms with E-state index in [4.69, 9.17) is 11.3 Å². The van der Waals surface area contributed by atoms with Crippen molar-refractivity contribution < 1.29 is 14.7 Å². The Balaban J connectivity index is 2.06. The van der Waals surface area contributed by atoms with Crippen molar-refractivity contribution in [3.63, 3.8) is 0 Å². The summed E-state index contributed by atoms with van der Waals surface area (Å²) in [5.41, 5.74) is 16.7. The van der Waals surface area contributed by atoms with Crippen LogP contribution < -0.4 is 5.73 Å². The van der Waals surface area contributed by atoms with Gasteiger partial charge in [0, 0.05) is 6.54 Å². The van der Waals surface area contributed by atoms with Gasteiger partial charge in [-0.2, -0.15) is 4.79 Å². The minimum Gasteiger partial charge on any atom is -0.390 e. The van der Waals surface area contributed by atoms with Crippen molar-refractivity contribution in [2.75, 3.05) is 0 Å². The highest BCUT2D eigenvalue weighted by atomic mass is 16.3. The van der Waals surface area contributed by atoms with E-state index in [1.54, 1.807) is 0 Å². The monoisotopic (exact) mass is 338 g/mol. The molecule has 1 amide bonds. The van der Waals surface area contributed by atoms with Crippen molar-refractivity contribution in [3.05, 3.63) is 77.3 Å². The van der Waals surface area contributed by atoms with Crippen LogP contribution in [0, 0.1) is 0 Å². The van der Waals surface area contributed by atoms with E-state index in [1.807, 2.05) is 60.7 Å². The second kappa shape index (κ2) is 9.49. The normalized spacial score (nSPS) is 12.7. The molecule has 0 bridgehead atoms. The quantitative estimate of drug-likeness (QED) is 0.331. The zero-order chi connectivity index (χ0) is 18.1. The van der Waals surface area contributed by atoms with E-state index in [-0.39, 0.29) is 6.54 Å². The summed E-state index contributed by atoms with van der Waals surface area (Å²) in [6.07, 6.45) is 0.0403. The third-order valence-electron chi connectivity index (χ3n) is 3.97. The highest BCUT2D eigenvalue weighted by Gasteiger charge is 2.27. The van der Waals surface area contributed by atoms with Gasteiger partial charge in [0.05, 0.1) is 6.10 Å². The topological polar surface area (TPSA) is 103 Å². The smallest absolute Gasteiger partial charge is 0.344 e. The molecular weight excluding hydrogens is 316 g/mol. The van der Waals surface area contributed by atoms with Crippen molar-refractivity contribution >= 4 is 12.1 Å². The van der Waals surface area contributed by atoms with Crippen LogP contribution >= 0.6 is 0 Å². The number of amides is 1. The van der Waals surface area contributed by atoms with Crippen LogP contribution in [-0.4, -0.2) is 39.2 Å². The average Bonchev–Trinajstić information content (AvgIpc) is 2.65. The van der Waals surface area contributed by atoms with Crippen LogP contribution in [0.4, 0.5) is 0 Å². The molecule has 0 aliphatic heterocycles. The minimum atomic E-state index is -0.908. The number of hydrogen-bond acceptors (Lipinski definition) is 3. The molecule has 2 aromatic rings. The Bertz CT molecular complexity index is 715. The lowest BCUT2D eigenvalue weighted by atomic mass is 10.0. The van der Waals surface area contributed by atoms with Crippen LogP contribution in [0.1, 0.15) is 17.5 Å². The van der Waals surface area contributed by atoms with Gasteiger partial charge in [-0.1, -0.05) is 60.7 Å². The van der Waals surface area contributed by atoms with Crippen LogP contribution in [0.3, 0.4) is 0 Å². The number of benzene rings is 2. The Morgan fingerprint density at radius 2 is 1.68 bits per heavy atom. The van der Waals surface area contributed by atoms with Gasteiger partial charge in [-0.05, 0) is 24.0 Å². The van der Waals surface area contributed by atoms with E-state index in [1.165, 1.54) is 4.90 Å². The number of nitrogens with zero attached hydrogens (tertiary/aromatic N) is 3. The first-order valence-electron chi connectivity index (χ1n) is 8.11. The van der Waals surface area contributed by atoms with Crippen LogP contribution in [-0.2, 0) is 17.8 Å². The van der Waals surface area contributed by atoms with Gasteiger partial charge in [0.2, 0.25) is 0 Å². The first kappa shape index (κ1) is 18.5. The largest absolute Gasteiger partial charge is 0.390 e. The van der Waals surface area contributed by atoms with E-state index in [0.717, 1.165) is 17.3 Å². The van der Waals surface area contributed by atoms with E-state index < -0.39 is 18.2 Å². The van der Waals surface area contributed by atoms with Crippen molar-refractivity contribution in [1.29, 1.82) is 0 Å². The summed E-state index contributed by atoms with van der Waals surface area (Å²) in [5, 5.41) is 10.4. The number of aryl methyl sites for hydroxylation is 1. The molecule has 0 fully saturated rings. The molecule has 0 aliphatic carbocycles. The Kier molecular flexibility index (Phi) is 7.04. The maximum atomic E-state index is 12.2. The van der Waals surface area contributed by atoms with Crippen LogP contribution in [0.2, 0.25) is 0 Å². The summed E-state index contributed by atoms with van der Waals surface area (Å²) >= 11 is 0. The van der Waals surface area contributed by atoms with Gasteiger partial charge >= 0.3 is 12.1 Å². The Hall–Kier alpha value is -2.79. The molecule has 0 spiro atoms.